The van der Waals surface area contributed by atoms with Gasteiger partial charge < -0.3 is 10.1 Å². The molecular weight excluding hydrogens is 421 g/mol. The van der Waals surface area contributed by atoms with Crippen LogP contribution in [0.1, 0.15) is 27.3 Å². The van der Waals surface area contributed by atoms with Crippen molar-refractivity contribution in [3.63, 3.8) is 0 Å². The number of aryl methyl sites for hydroxylation is 2. The monoisotopic (exact) mass is 443 g/mol. The summed E-state index contributed by atoms with van der Waals surface area (Å²) in [4.78, 5) is 21.8. The molecule has 0 aliphatic carbocycles. The first-order valence-electron chi connectivity index (χ1n) is 10.7. The fraction of sp³-hybridized carbons (Fsp3) is 0.200. The number of nitrogens with one attached hydrogen (secondary N) is 1. The van der Waals surface area contributed by atoms with Crippen LogP contribution in [-0.4, -0.2) is 38.3 Å². The molecule has 1 aliphatic heterocycles. The lowest BCUT2D eigenvalue weighted by molar-refractivity contribution is 0.0933. The van der Waals surface area contributed by atoms with E-state index in [9.17, 15) is 9.18 Å². The Morgan fingerprint density at radius 1 is 1.24 bits per heavy atom. The highest BCUT2D eigenvalue weighted by molar-refractivity contribution is 5.97. The molecule has 0 radical (unpaired) electrons. The van der Waals surface area contributed by atoms with Crippen LogP contribution in [0.2, 0.25) is 0 Å². The maximum atomic E-state index is 14.4. The van der Waals surface area contributed by atoms with E-state index in [1.165, 1.54) is 12.1 Å². The smallest absolute Gasteiger partial charge is 0.253 e. The highest BCUT2D eigenvalue weighted by Gasteiger charge is 2.29. The molecule has 0 bridgehead atoms. The summed E-state index contributed by atoms with van der Waals surface area (Å²) in [6, 6.07) is 12.0. The highest BCUT2D eigenvalue weighted by Crippen LogP contribution is 2.39. The molecule has 5 rings (SSSR count). The first kappa shape index (κ1) is 20.8. The summed E-state index contributed by atoms with van der Waals surface area (Å²) in [5.41, 5.74) is 4.57. The van der Waals surface area contributed by atoms with Gasteiger partial charge in [0.2, 0.25) is 0 Å². The maximum Gasteiger partial charge on any atom is 0.253 e. The summed E-state index contributed by atoms with van der Waals surface area (Å²) in [7, 11) is 0. The van der Waals surface area contributed by atoms with Crippen molar-refractivity contribution in [3.8, 4) is 22.7 Å². The van der Waals surface area contributed by atoms with E-state index in [4.69, 9.17) is 4.74 Å². The molecule has 166 valence electrons. The minimum atomic E-state index is -0.354. The fourth-order valence-corrected chi connectivity index (χ4v) is 4.06. The third kappa shape index (κ3) is 4.07. The van der Waals surface area contributed by atoms with Crippen LogP contribution in [0.25, 0.3) is 16.9 Å². The van der Waals surface area contributed by atoms with Crippen molar-refractivity contribution < 1.29 is 13.9 Å². The van der Waals surface area contributed by atoms with Gasteiger partial charge in [0.1, 0.15) is 17.7 Å². The van der Waals surface area contributed by atoms with E-state index in [1.54, 1.807) is 35.4 Å². The van der Waals surface area contributed by atoms with Crippen LogP contribution < -0.4 is 10.1 Å². The van der Waals surface area contributed by atoms with Gasteiger partial charge in [-0.05, 0) is 44.2 Å². The number of carbonyl (C=O) groups is 1. The molecule has 33 heavy (non-hydrogen) atoms. The largest absolute Gasteiger partial charge is 0.487 e. The quantitative estimate of drug-likeness (QED) is 0.507. The summed E-state index contributed by atoms with van der Waals surface area (Å²) in [6.45, 7) is 3.96. The fourth-order valence-electron chi connectivity index (χ4n) is 4.06. The molecule has 0 spiro atoms. The molecule has 0 saturated heterocycles. The second-order valence-electron chi connectivity index (χ2n) is 8.01. The standard InChI is InChI=1S/C25H22FN5O2/c1-15-13-27-16(2)23(30-15)21-12-18(26)10-17-11-19(33-24(17)21)14-28-25(32)20-6-3-4-7-22(20)31-9-5-8-29-31/h3-10,12-13,19H,11,14H2,1-2H3,(H,28,32)/t19-/m0/s1. The van der Waals surface area contributed by atoms with Crippen LogP contribution in [0, 0.1) is 19.7 Å². The van der Waals surface area contributed by atoms with Crippen LogP contribution >= 0.6 is 0 Å². The third-order valence-electron chi connectivity index (χ3n) is 5.58. The second-order valence-corrected chi connectivity index (χ2v) is 8.01. The average molecular weight is 443 g/mol. The van der Waals surface area contributed by atoms with Gasteiger partial charge in [-0.2, -0.15) is 5.10 Å². The zero-order chi connectivity index (χ0) is 22.9. The molecule has 2 aromatic carbocycles. The van der Waals surface area contributed by atoms with E-state index in [1.807, 2.05) is 32.0 Å². The van der Waals surface area contributed by atoms with Gasteiger partial charge in [0, 0.05) is 36.1 Å². The number of para-hydroxylation sites is 1. The number of fused-ring (bicyclic) bond motifs is 1. The van der Waals surface area contributed by atoms with Crippen LogP contribution in [-0.2, 0) is 6.42 Å². The van der Waals surface area contributed by atoms with Crippen LogP contribution in [0.5, 0.6) is 5.75 Å². The molecule has 2 aromatic heterocycles. The number of hydrogen-bond donors (Lipinski definition) is 1. The minimum Gasteiger partial charge on any atom is -0.487 e. The van der Waals surface area contributed by atoms with Crippen LogP contribution in [0.3, 0.4) is 0 Å². The van der Waals surface area contributed by atoms with Crippen molar-refractivity contribution in [2.45, 2.75) is 26.4 Å². The minimum absolute atomic E-state index is 0.229. The number of aromatic nitrogens is 4. The topological polar surface area (TPSA) is 81.9 Å². The second kappa shape index (κ2) is 8.46. The van der Waals surface area contributed by atoms with Crippen molar-refractivity contribution in [2.75, 3.05) is 6.54 Å². The molecule has 3 heterocycles. The summed E-state index contributed by atoms with van der Waals surface area (Å²) >= 11 is 0. The molecule has 4 aromatic rings. The molecule has 1 N–H and O–H groups in total. The number of carbonyl (C=O) groups excluding carboxylic acids is 1. The molecule has 7 nitrogen and oxygen atoms in total. The Kier molecular flexibility index (Phi) is 5.34. The Hall–Kier alpha value is -4.07. The first-order valence-corrected chi connectivity index (χ1v) is 10.7. The van der Waals surface area contributed by atoms with Gasteiger partial charge in [-0.3, -0.25) is 9.78 Å². The number of amides is 1. The normalized spacial score (nSPS) is 14.6. The van der Waals surface area contributed by atoms with Crippen molar-refractivity contribution in [2.24, 2.45) is 0 Å². The summed E-state index contributed by atoms with van der Waals surface area (Å²) in [5.74, 6) is 0.0101. The molecule has 0 unspecified atom stereocenters. The van der Waals surface area contributed by atoms with E-state index < -0.39 is 0 Å². The van der Waals surface area contributed by atoms with E-state index >= 15 is 0 Å². The van der Waals surface area contributed by atoms with Gasteiger partial charge >= 0.3 is 0 Å². The highest BCUT2D eigenvalue weighted by atomic mass is 19.1. The predicted octanol–water partition coefficient (Wildman–Crippen LogP) is 3.82. The Balaban J connectivity index is 1.35. The lowest BCUT2D eigenvalue weighted by Crippen LogP contribution is -2.35. The zero-order valence-corrected chi connectivity index (χ0v) is 18.2. The molecule has 1 aliphatic rings. The Bertz CT molecular complexity index is 1340. The summed E-state index contributed by atoms with van der Waals surface area (Å²) in [5, 5.41) is 7.17. The van der Waals surface area contributed by atoms with Crippen LogP contribution in [0.4, 0.5) is 4.39 Å². The number of halogens is 1. The van der Waals surface area contributed by atoms with Crippen molar-refractivity contribution in [3.05, 3.63) is 89.4 Å². The van der Waals surface area contributed by atoms with Crippen molar-refractivity contribution >= 4 is 5.91 Å². The summed E-state index contributed by atoms with van der Waals surface area (Å²) < 4.78 is 22.2. The van der Waals surface area contributed by atoms with Gasteiger partial charge in [0.15, 0.2) is 0 Å². The Morgan fingerprint density at radius 2 is 2.09 bits per heavy atom. The predicted molar refractivity (Wildman–Crippen MR) is 121 cm³/mol. The number of rotatable bonds is 5. The Morgan fingerprint density at radius 3 is 2.91 bits per heavy atom. The van der Waals surface area contributed by atoms with Crippen LogP contribution in [0.15, 0.2) is 61.1 Å². The lowest BCUT2D eigenvalue weighted by atomic mass is 10.0. The van der Waals surface area contributed by atoms with E-state index in [-0.39, 0.29) is 24.4 Å². The molecule has 8 heteroatoms. The van der Waals surface area contributed by atoms with Crippen molar-refractivity contribution in [1.29, 1.82) is 0 Å². The number of nitrogens with zero attached hydrogens (tertiary/aromatic N) is 4. The van der Waals surface area contributed by atoms with Gasteiger partial charge in [-0.1, -0.05) is 12.1 Å². The molecular formula is C25H22FN5O2. The molecule has 0 fully saturated rings. The first-order chi connectivity index (χ1) is 16.0. The summed E-state index contributed by atoms with van der Waals surface area (Å²) in [6.07, 6.45) is 5.29. The molecule has 0 saturated carbocycles. The van der Waals surface area contributed by atoms with Gasteiger partial charge in [-0.25, -0.2) is 14.1 Å². The van der Waals surface area contributed by atoms with E-state index in [0.717, 1.165) is 11.3 Å². The van der Waals surface area contributed by atoms with E-state index in [2.05, 4.69) is 20.4 Å². The van der Waals surface area contributed by atoms with Crippen molar-refractivity contribution in [1.82, 2.24) is 25.1 Å². The number of benzene rings is 2. The van der Waals surface area contributed by atoms with E-state index in [0.29, 0.717) is 40.4 Å². The SMILES string of the molecule is Cc1cnc(C)c(-c2cc(F)cc3c2O[C@H](CNC(=O)c2ccccc2-n2cccn2)C3)n1. The van der Waals surface area contributed by atoms with Gasteiger partial charge in [0.25, 0.3) is 5.91 Å². The Labute approximate surface area is 190 Å². The van der Waals surface area contributed by atoms with Gasteiger partial charge in [0.05, 0.1) is 34.9 Å². The molecule has 1 atom stereocenters. The average Bonchev–Trinajstić information content (AvgIpc) is 3.48. The number of ether oxygens (including phenoxy) is 1. The maximum absolute atomic E-state index is 14.4. The third-order valence-corrected chi connectivity index (χ3v) is 5.58. The molecule has 1 amide bonds. The zero-order valence-electron chi connectivity index (χ0n) is 18.2. The van der Waals surface area contributed by atoms with Gasteiger partial charge in [-0.15, -0.1) is 0 Å². The number of hydrogen-bond acceptors (Lipinski definition) is 5. The lowest BCUT2D eigenvalue weighted by Gasteiger charge is -2.15.